The van der Waals surface area contributed by atoms with Gasteiger partial charge in [-0.15, -0.1) is 0 Å². The molecular formula is C23H23ClN4O4S. The van der Waals surface area contributed by atoms with Crippen molar-refractivity contribution >= 4 is 33.3 Å². The molecular weight excluding hydrogens is 464 g/mol. The van der Waals surface area contributed by atoms with Crippen LogP contribution in [0.3, 0.4) is 0 Å². The number of benzene rings is 2. The molecule has 0 bridgehead atoms. The molecule has 172 valence electrons. The first-order valence-corrected chi connectivity index (χ1v) is 12.6. The standard InChI is InChI=1S/C23H23ClN4O4S/c24-19-10-9-16(15-21(19)33(30,31)27-11-13-32-14-12-27)23(29)25-22-18-7-4-8-20(18)26-28(22)17-5-2-1-3-6-17/h1-3,5-6,9-10,15H,4,7-8,11-14H2,(H,25,29). The van der Waals surface area contributed by atoms with E-state index in [4.69, 9.17) is 21.4 Å². The van der Waals surface area contributed by atoms with Crippen molar-refractivity contribution in [2.45, 2.75) is 24.2 Å². The number of nitrogens with one attached hydrogen (secondary N) is 1. The molecule has 2 aromatic carbocycles. The lowest BCUT2D eigenvalue weighted by molar-refractivity contribution is 0.0730. The van der Waals surface area contributed by atoms with Crippen molar-refractivity contribution in [2.24, 2.45) is 0 Å². The molecule has 0 atom stereocenters. The van der Waals surface area contributed by atoms with E-state index in [9.17, 15) is 13.2 Å². The highest BCUT2D eigenvalue weighted by Crippen LogP contribution is 2.32. The third kappa shape index (κ3) is 4.17. The van der Waals surface area contributed by atoms with E-state index in [-0.39, 0.29) is 28.6 Å². The van der Waals surface area contributed by atoms with Gasteiger partial charge in [0, 0.05) is 24.2 Å². The molecule has 10 heteroatoms. The van der Waals surface area contributed by atoms with Crippen LogP contribution in [-0.2, 0) is 27.6 Å². The summed E-state index contributed by atoms with van der Waals surface area (Å²) in [5.74, 6) is 0.197. The van der Waals surface area contributed by atoms with Gasteiger partial charge in [0.25, 0.3) is 5.91 Å². The molecule has 1 aromatic heterocycles. The summed E-state index contributed by atoms with van der Waals surface area (Å²) in [5, 5.41) is 7.76. The molecule has 5 rings (SSSR count). The van der Waals surface area contributed by atoms with Crippen molar-refractivity contribution in [2.75, 3.05) is 31.6 Å². The number of fused-ring (bicyclic) bond motifs is 1. The van der Waals surface area contributed by atoms with Gasteiger partial charge in [-0.1, -0.05) is 29.8 Å². The molecule has 2 heterocycles. The molecule has 0 spiro atoms. The zero-order valence-electron chi connectivity index (χ0n) is 17.8. The van der Waals surface area contributed by atoms with Gasteiger partial charge in [0.15, 0.2) is 0 Å². The van der Waals surface area contributed by atoms with Crippen LogP contribution in [0.1, 0.15) is 28.0 Å². The first-order chi connectivity index (χ1) is 15.9. The minimum absolute atomic E-state index is 0.0771. The molecule has 1 aliphatic heterocycles. The monoisotopic (exact) mass is 486 g/mol. The van der Waals surface area contributed by atoms with E-state index in [0.29, 0.717) is 19.0 Å². The third-order valence-electron chi connectivity index (χ3n) is 5.92. The lowest BCUT2D eigenvalue weighted by Crippen LogP contribution is -2.40. The maximum Gasteiger partial charge on any atom is 0.256 e. The SMILES string of the molecule is O=C(Nc1c2c(nn1-c1ccccc1)CCC2)c1ccc(Cl)c(S(=O)(=O)N2CCOCC2)c1. The number of carbonyl (C=O) groups is 1. The van der Waals surface area contributed by atoms with Crippen LogP contribution in [0.25, 0.3) is 5.69 Å². The number of amides is 1. The zero-order chi connectivity index (χ0) is 23.0. The van der Waals surface area contributed by atoms with Crippen LogP contribution < -0.4 is 5.32 Å². The summed E-state index contributed by atoms with van der Waals surface area (Å²) in [6.07, 6.45) is 2.68. The van der Waals surface area contributed by atoms with Crippen LogP contribution in [0, 0.1) is 0 Å². The Morgan fingerprint density at radius 1 is 1.06 bits per heavy atom. The number of para-hydroxylation sites is 1. The molecule has 33 heavy (non-hydrogen) atoms. The molecule has 1 saturated heterocycles. The van der Waals surface area contributed by atoms with E-state index < -0.39 is 15.9 Å². The Hall–Kier alpha value is -2.72. The highest BCUT2D eigenvalue weighted by molar-refractivity contribution is 7.89. The van der Waals surface area contributed by atoms with E-state index in [1.807, 2.05) is 30.3 Å². The molecule has 1 fully saturated rings. The number of carbonyl (C=O) groups excluding carboxylic acids is 1. The second-order valence-corrected chi connectivity index (χ2v) is 10.3. The first kappa shape index (κ1) is 22.1. The van der Waals surface area contributed by atoms with Crippen LogP contribution in [-0.4, -0.2) is 54.7 Å². The number of aryl methyl sites for hydroxylation is 1. The predicted molar refractivity (Wildman–Crippen MR) is 125 cm³/mol. The van der Waals surface area contributed by atoms with E-state index in [1.54, 1.807) is 4.68 Å². The van der Waals surface area contributed by atoms with Gasteiger partial charge in [-0.3, -0.25) is 4.79 Å². The maximum atomic E-state index is 13.2. The van der Waals surface area contributed by atoms with Gasteiger partial charge in [-0.05, 0) is 49.6 Å². The Morgan fingerprint density at radius 2 is 1.82 bits per heavy atom. The lowest BCUT2D eigenvalue weighted by Gasteiger charge is -2.26. The fraction of sp³-hybridized carbons (Fsp3) is 0.304. The summed E-state index contributed by atoms with van der Waals surface area (Å²) in [4.78, 5) is 13.2. The molecule has 3 aromatic rings. The number of hydrogen-bond acceptors (Lipinski definition) is 5. The van der Waals surface area contributed by atoms with Crippen molar-refractivity contribution in [3.63, 3.8) is 0 Å². The quantitative estimate of drug-likeness (QED) is 0.597. The van der Waals surface area contributed by atoms with Crippen molar-refractivity contribution in [1.29, 1.82) is 0 Å². The summed E-state index contributed by atoms with van der Waals surface area (Å²) in [6, 6.07) is 13.9. The van der Waals surface area contributed by atoms with Gasteiger partial charge in [0.2, 0.25) is 10.0 Å². The summed E-state index contributed by atoms with van der Waals surface area (Å²) in [7, 11) is -3.85. The largest absolute Gasteiger partial charge is 0.379 e. The summed E-state index contributed by atoms with van der Waals surface area (Å²) in [5.41, 5.74) is 3.04. The number of rotatable bonds is 5. The highest BCUT2D eigenvalue weighted by Gasteiger charge is 2.30. The van der Waals surface area contributed by atoms with Crippen LogP contribution in [0.2, 0.25) is 5.02 Å². The van der Waals surface area contributed by atoms with Gasteiger partial charge in [-0.2, -0.15) is 9.40 Å². The van der Waals surface area contributed by atoms with Gasteiger partial charge in [-0.25, -0.2) is 13.1 Å². The number of ether oxygens (including phenoxy) is 1. The second kappa shape index (κ2) is 8.90. The highest BCUT2D eigenvalue weighted by atomic mass is 35.5. The Labute approximate surface area is 197 Å². The van der Waals surface area contributed by atoms with Crippen LogP contribution >= 0.6 is 11.6 Å². The number of anilines is 1. The second-order valence-electron chi connectivity index (χ2n) is 7.99. The summed E-state index contributed by atoms with van der Waals surface area (Å²) < 4.78 is 34.6. The summed E-state index contributed by atoms with van der Waals surface area (Å²) in [6.45, 7) is 1.15. The smallest absolute Gasteiger partial charge is 0.256 e. The van der Waals surface area contributed by atoms with Crippen molar-refractivity contribution in [1.82, 2.24) is 14.1 Å². The molecule has 2 aliphatic rings. The van der Waals surface area contributed by atoms with Gasteiger partial charge in [0.05, 0.1) is 29.6 Å². The van der Waals surface area contributed by atoms with Gasteiger partial charge in [0.1, 0.15) is 10.7 Å². The Balaban J connectivity index is 1.48. The van der Waals surface area contributed by atoms with Gasteiger partial charge >= 0.3 is 0 Å². The predicted octanol–water partition coefficient (Wildman–Crippen LogP) is 3.29. The number of sulfonamides is 1. The minimum atomic E-state index is -3.85. The number of nitrogens with zero attached hydrogens (tertiary/aromatic N) is 3. The number of halogens is 1. The van der Waals surface area contributed by atoms with E-state index in [1.165, 1.54) is 22.5 Å². The van der Waals surface area contributed by atoms with Gasteiger partial charge < -0.3 is 10.1 Å². The molecule has 1 N–H and O–H groups in total. The summed E-state index contributed by atoms with van der Waals surface area (Å²) >= 11 is 6.25. The first-order valence-electron chi connectivity index (χ1n) is 10.8. The van der Waals surface area contributed by atoms with Crippen molar-refractivity contribution in [3.8, 4) is 5.69 Å². The van der Waals surface area contributed by atoms with Crippen molar-refractivity contribution < 1.29 is 17.9 Å². The third-order valence-corrected chi connectivity index (χ3v) is 8.30. The zero-order valence-corrected chi connectivity index (χ0v) is 19.4. The van der Waals surface area contributed by atoms with Crippen molar-refractivity contribution in [3.05, 3.63) is 70.4 Å². The van der Waals surface area contributed by atoms with E-state index >= 15 is 0 Å². The lowest BCUT2D eigenvalue weighted by atomic mass is 10.2. The average Bonchev–Trinajstić information content (AvgIpc) is 3.43. The fourth-order valence-electron chi connectivity index (χ4n) is 4.22. The Morgan fingerprint density at radius 3 is 2.58 bits per heavy atom. The molecule has 8 nitrogen and oxygen atoms in total. The normalized spacial score (nSPS) is 16.5. The maximum absolute atomic E-state index is 13.2. The number of morpholine rings is 1. The minimum Gasteiger partial charge on any atom is -0.379 e. The number of hydrogen-bond donors (Lipinski definition) is 1. The number of aromatic nitrogens is 2. The van der Waals surface area contributed by atoms with Crippen LogP contribution in [0.4, 0.5) is 5.82 Å². The molecule has 1 amide bonds. The fourth-order valence-corrected chi connectivity index (χ4v) is 6.13. The molecule has 0 saturated carbocycles. The van der Waals surface area contributed by atoms with Crippen LogP contribution in [0.5, 0.6) is 0 Å². The molecule has 0 unspecified atom stereocenters. The molecule has 0 radical (unpaired) electrons. The topological polar surface area (TPSA) is 93.5 Å². The Bertz CT molecular complexity index is 1300. The average molecular weight is 487 g/mol. The van der Waals surface area contributed by atoms with E-state index in [0.717, 1.165) is 36.2 Å². The van der Waals surface area contributed by atoms with Crippen LogP contribution in [0.15, 0.2) is 53.4 Å². The van der Waals surface area contributed by atoms with E-state index in [2.05, 4.69) is 5.32 Å². The molecule has 1 aliphatic carbocycles. The Kier molecular flexibility index (Phi) is 5.96.